The van der Waals surface area contributed by atoms with Crippen LogP contribution in [-0.4, -0.2) is 51.1 Å². The Labute approximate surface area is 117 Å². The Bertz CT molecular complexity index is 390. The molecule has 1 rings (SSSR count). The molecule has 0 saturated heterocycles. The fourth-order valence-electron chi connectivity index (χ4n) is 1.35. The van der Waals surface area contributed by atoms with Crippen molar-refractivity contribution < 1.29 is 19.0 Å². The minimum absolute atomic E-state index is 0.00261. The molecule has 106 valence electrons. The van der Waals surface area contributed by atoms with E-state index in [1.165, 1.54) is 24.9 Å². The van der Waals surface area contributed by atoms with E-state index in [0.717, 1.165) is 9.95 Å². The Morgan fingerprint density at radius 2 is 2.32 bits per heavy atom. The fourth-order valence-corrected chi connectivity index (χ4v) is 2.26. The highest BCUT2D eigenvalue weighted by Gasteiger charge is 2.15. The molecule has 1 heterocycles. The zero-order valence-corrected chi connectivity index (χ0v) is 12.2. The number of esters is 1. The van der Waals surface area contributed by atoms with Crippen molar-refractivity contribution in [3.63, 3.8) is 0 Å². The monoisotopic (exact) mass is 285 g/mol. The zero-order valence-electron chi connectivity index (χ0n) is 11.4. The van der Waals surface area contributed by atoms with Gasteiger partial charge in [-0.15, -0.1) is 0 Å². The minimum atomic E-state index is -0.385. The lowest BCUT2D eigenvalue weighted by atomic mass is 10.3. The van der Waals surface area contributed by atoms with Crippen LogP contribution in [0.15, 0.2) is 28.1 Å². The Balaban J connectivity index is 2.45. The molecule has 1 atom stereocenters. The molecule has 1 aliphatic rings. The summed E-state index contributed by atoms with van der Waals surface area (Å²) in [5, 5.41) is 0.782. The van der Waals surface area contributed by atoms with Gasteiger partial charge in [0.05, 0.1) is 38.0 Å². The molecule has 0 aromatic heterocycles. The number of methoxy groups -OCH3 is 2. The van der Waals surface area contributed by atoms with Gasteiger partial charge in [0.15, 0.2) is 0 Å². The van der Waals surface area contributed by atoms with Crippen LogP contribution in [0.5, 0.6) is 0 Å². The van der Waals surface area contributed by atoms with Crippen LogP contribution in [0.1, 0.15) is 6.92 Å². The number of hydrogen-bond acceptors (Lipinski definition) is 6. The second kappa shape index (κ2) is 8.90. The molecule has 0 aromatic rings. The summed E-state index contributed by atoms with van der Waals surface area (Å²) >= 11 is 1.50. The molecule has 6 heteroatoms. The second-order valence-corrected chi connectivity index (χ2v) is 4.84. The maximum atomic E-state index is 11.0. The molecule has 1 aliphatic heterocycles. The van der Waals surface area contributed by atoms with Crippen molar-refractivity contribution in [2.24, 2.45) is 4.99 Å². The quantitative estimate of drug-likeness (QED) is 0.405. The summed E-state index contributed by atoms with van der Waals surface area (Å²) in [6.45, 7) is 3.72. The predicted octanol–water partition coefficient (Wildman–Crippen LogP) is 1.80. The SMILES string of the molecule is COCCOC(C)C1=CCN=C(/C=C/C(=O)OC)S1. The van der Waals surface area contributed by atoms with Gasteiger partial charge in [-0.1, -0.05) is 17.8 Å². The molecular formula is C13H19NO4S. The van der Waals surface area contributed by atoms with E-state index >= 15 is 0 Å². The van der Waals surface area contributed by atoms with E-state index < -0.39 is 0 Å². The molecule has 0 aromatic carbocycles. The van der Waals surface area contributed by atoms with Crippen molar-refractivity contribution in [1.29, 1.82) is 0 Å². The van der Waals surface area contributed by atoms with Gasteiger partial charge in [0.2, 0.25) is 0 Å². The number of carbonyl (C=O) groups excluding carboxylic acids is 1. The van der Waals surface area contributed by atoms with Gasteiger partial charge in [0.25, 0.3) is 0 Å². The first kappa shape index (κ1) is 15.9. The van der Waals surface area contributed by atoms with Gasteiger partial charge in [-0.05, 0) is 13.0 Å². The van der Waals surface area contributed by atoms with Crippen molar-refractivity contribution >= 4 is 22.8 Å². The number of thioether (sulfide) groups is 1. The fraction of sp³-hybridized carbons (Fsp3) is 0.538. The predicted molar refractivity (Wildman–Crippen MR) is 76.4 cm³/mol. The van der Waals surface area contributed by atoms with Gasteiger partial charge in [-0.25, -0.2) is 4.79 Å². The molecule has 0 spiro atoms. The number of rotatable bonds is 7. The molecule has 0 amide bonds. The van der Waals surface area contributed by atoms with Crippen molar-refractivity contribution in [2.75, 3.05) is 34.0 Å². The standard InChI is InChI=1S/C13H19NO4S/c1-10(18-9-8-16-2)11-6-7-14-12(19-11)4-5-13(15)17-3/h4-6,10H,7-9H2,1-3H3/b5-4+. The number of ether oxygens (including phenoxy) is 3. The third kappa shape index (κ3) is 6.04. The van der Waals surface area contributed by atoms with Crippen LogP contribution in [-0.2, 0) is 19.0 Å². The van der Waals surface area contributed by atoms with Gasteiger partial charge in [-0.2, -0.15) is 0 Å². The largest absolute Gasteiger partial charge is 0.466 e. The molecule has 0 bridgehead atoms. The number of carbonyl (C=O) groups is 1. The van der Waals surface area contributed by atoms with Gasteiger partial charge in [0.1, 0.15) is 0 Å². The van der Waals surface area contributed by atoms with Crippen molar-refractivity contribution in [3.05, 3.63) is 23.1 Å². The zero-order chi connectivity index (χ0) is 14.1. The van der Waals surface area contributed by atoms with Crippen LogP contribution in [0.4, 0.5) is 0 Å². The summed E-state index contributed by atoms with van der Waals surface area (Å²) in [5.74, 6) is -0.385. The normalized spacial score (nSPS) is 17.0. The van der Waals surface area contributed by atoms with E-state index in [9.17, 15) is 4.79 Å². The van der Waals surface area contributed by atoms with Crippen molar-refractivity contribution in [2.45, 2.75) is 13.0 Å². The molecule has 0 N–H and O–H groups in total. The first-order chi connectivity index (χ1) is 9.17. The third-order valence-corrected chi connectivity index (χ3v) is 3.59. The molecule has 1 unspecified atom stereocenters. The molecule has 0 aliphatic carbocycles. The van der Waals surface area contributed by atoms with Gasteiger partial charge >= 0.3 is 5.97 Å². The van der Waals surface area contributed by atoms with Crippen LogP contribution in [0, 0.1) is 0 Å². The summed E-state index contributed by atoms with van der Waals surface area (Å²) in [5.41, 5.74) is 0. The van der Waals surface area contributed by atoms with E-state index in [0.29, 0.717) is 19.8 Å². The summed E-state index contributed by atoms with van der Waals surface area (Å²) in [4.78, 5) is 16.4. The van der Waals surface area contributed by atoms with Crippen LogP contribution < -0.4 is 0 Å². The number of aliphatic imine (C=N–C) groups is 1. The number of nitrogens with zero attached hydrogens (tertiary/aromatic N) is 1. The summed E-state index contributed by atoms with van der Waals surface area (Å²) < 4.78 is 15.1. The topological polar surface area (TPSA) is 57.1 Å². The van der Waals surface area contributed by atoms with Gasteiger partial charge in [0, 0.05) is 18.1 Å². The lowest BCUT2D eigenvalue weighted by Gasteiger charge is -2.18. The average molecular weight is 285 g/mol. The Hall–Kier alpha value is -1.11. The highest BCUT2D eigenvalue weighted by Crippen LogP contribution is 2.26. The molecule has 0 saturated carbocycles. The molecule has 19 heavy (non-hydrogen) atoms. The van der Waals surface area contributed by atoms with E-state index in [4.69, 9.17) is 9.47 Å². The van der Waals surface area contributed by atoms with Gasteiger partial charge in [-0.3, -0.25) is 4.99 Å². The van der Waals surface area contributed by atoms with E-state index in [1.54, 1.807) is 13.2 Å². The maximum absolute atomic E-state index is 11.0. The van der Waals surface area contributed by atoms with Crippen molar-refractivity contribution in [1.82, 2.24) is 0 Å². The summed E-state index contributed by atoms with van der Waals surface area (Å²) in [6, 6.07) is 0. The third-order valence-electron chi connectivity index (χ3n) is 2.38. The summed E-state index contributed by atoms with van der Waals surface area (Å²) in [7, 11) is 2.99. The molecule has 5 nitrogen and oxygen atoms in total. The Morgan fingerprint density at radius 3 is 3.00 bits per heavy atom. The second-order valence-electron chi connectivity index (χ2n) is 3.75. The molecule has 0 radical (unpaired) electrons. The van der Waals surface area contributed by atoms with Crippen LogP contribution in [0.3, 0.4) is 0 Å². The molecular weight excluding hydrogens is 266 g/mol. The maximum Gasteiger partial charge on any atom is 0.330 e. The van der Waals surface area contributed by atoms with E-state index in [1.807, 2.05) is 13.0 Å². The van der Waals surface area contributed by atoms with Gasteiger partial charge < -0.3 is 14.2 Å². The highest BCUT2D eigenvalue weighted by molar-refractivity contribution is 8.17. The van der Waals surface area contributed by atoms with Crippen LogP contribution in [0.2, 0.25) is 0 Å². The summed E-state index contributed by atoms with van der Waals surface area (Å²) in [6.07, 6.45) is 5.05. The van der Waals surface area contributed by atoms with E-state index in [2.05, 4.69) is 9.73 Å². The Kier molecular flexibility index (Phi) is 7.47. The van der Waals surface area contributed by atoms with E-state index in [-0.39, 0.29) is 12.1 Å². The highest BCUT2D eigenvalue weighted by atomic mass is 32.2. The lowest BCUT2D eigenvalue weighted by molar-refractivity contribution is -0.134. The van der Waals surface area contributed by atoms with Crippen LogP contribution in [0.25, 0.3) is 0 Å². The minimum Gasteiger partial charge on any atom is -0.466 e. The average Bonchev–Trinajstić information content (AvgIpc) is 2.45. The first-order valence-corrected chi connectivity index (χ1v) is 6.78. The smallest absolute Gasteiger partial charge is 0.330 e. The lowest BCUT2D eigenvalue weighted by Crippen LogP contribution is -2.16. The molecule has 0 fully saturated rings. The van der Waals surface area contributed by atoms with Crippen LogP contribution >= 0.6 is 11.8 Å². The number of hydrogen-bond donors (Lipinski definition) is 0. The first-order valence-electron chi connectivity index (χ1n) is 5.96. The van der Waals surface area contributed by atoms with Crippen molar-refractivity contribution in [3.8, 4) is 0 Å². The Morgan fingerprint density at radius 1 is 1.53 bits per heavy atom.